The van der Waals surface area contributed by atoms with Gasteiger partial charge in [0.05, 0.1) is 11.5 Å². The van der Waals surface area contributed by atoms with E-state index in [1.54, 1.807) is 23.9 Å². The molecule has 1 N–H and O–H groups in total. The van der Waals surface area contributed by atoms with Gasteiger partial charge in [0, 0.05) is 18.4 Å². The minimum atomic E-state index is -0.389. The third-order valence-corrected chi connectivity index (χ3v) is 3.22. The van der Waals surface area contributed by atoms with Crippen LogP contribution in [-0.2, 0) is 6.54 Å². The van der Waals surface area contributed by atoms with Crippen LogP contribution in [0.2, 0.25) is 0 Å². The topological polar surface area (TPSA) is 64.4 Å². The quantitative estimate of drug-likeness (QED) is 0.431. The SMILES string of the molecule is CSCCOc1ccc(CNCC(C)C)cc1[N+](=O)[O-]. The number of hydrogen-bond acceptors (Lipinski definition) is 5. The number of nitrogens with one attached hydrogen (secondary N) is 1. The minimum Gasteiger partial charge on any atom is -0.486 e. The van der Waals surface area contributed by atoms with Crippen molar-refractivity contribution in [1.82, 2.24) is 5.32 Å². The molecule has 0 saturated heterocycles. The van der Waals surface area contributed by atoms with E-state index in [2.05, 4.69) is 19.2 Å². The Labute approximate surface area is 124 Å². The molecule has 0 aliphatic carbocycles. The fraction of sp³-hybridized carbons (Fsp3) is 0.571. The van der Waals surface area contributed by atoms with Crippen LogP contribution in [0.15, 0.2) is 18.2 Å². The van der Waals surface area contributed by atoms with Crippen molar-refractivity contribution >= 4 is 17.4 Å². The van der Waals surface area contributed by atoms with E-state index in [-0.39, 0.29) is 10.6 Å². The average molecular weight is 298 g/mol. The fourth-order valence-corrected chi connectivity index (χ4v) is 1.93. The second-order valence-corrected chi connectivity index (χ2v) is 5.91. The molecule has 0 heterocycles. The maximum atomic E-state index is 11.1. The summed E-state index contributed by atoms with van der Waals surface area (Å²) in [6, 6.07) is 5.14. The van der Waals surface area contributed by atoms with Gasteiger partial charge in [-0.2, -0.15) is 11.8 Å². The predicted molar refractivity (Wildman–Crippen MR) is 83.5 cm³/mol. The summed E-state index contributed by atoms with van der Waals surface area (Å²) >= 11 is 1.65. The summed E-state index contributed by atoms with van der Waals surface area (Å²) in [7, 11) is 0. The molecule has 0 bridgehead atoms. The van der Waals surface area contributed by atoms with Crippen LogP contribution in [-0.4, -0.2) is 30.1 Å². The zero-order valence-corrected chi connectivity index (χ0v) is 13.0. The third kappa shape index (κ3) is 5.79. The summed E-state index contributed by atoms with van der Waals surface area (Å²) in [6.45, 7) is 6.24. The maximum Gasteiger partial charge on any atom is 0.311 e. The molecule has 0 unspecified atom stereocenters. The van der Waals surface area contributed by atoms with E-state index in [4.69, 9.17) is 4.74 Å². The Balaban J connectivity index is 2.71. The summed E-state index contributed by atoms with van der Waals surface area (Å²) in [6.07, 6.45) is 1.97. The number of ether oxygens (including phenoxy) is 1. The molecule has 1 aromatic rings. The maximum absolute atomic E-state index is 11.1. The van der Waals surface area contributed by atoms with E-state index < -0.39 is 0 Å². The largest absolute Gasteiger partial charge is 0.486 e. The van der Waals surface area contributed by atoms with Gasteiger partial charge in [-0.05, 0) is 30.3 Å². The second kappa shape index (κ2) is 8.81. The van der Waals surface area contributed by atoms with Crippen LogP contribution in [0.4, 0.5) is 5.69 Å². The van der Waals surface area contributed by atoms with E-state index >= 15 is 0 Å². The van der Waals surface area contributed by atoms with Gasteiger partial charge in [0.1, 0.15) is 0 Å². The molecule has 0 fully saturated rings. The highest BCUT2D eigenvalue weighted by molar-refractivity contribution is 7.98. The van der Waals surface area contributed by atoms with Crippen LogP contribution < -0.4 is 10.1 Å². The highest BCUT2D eigenvalue weighted by atomic mass is 32.2. The van der Waals surface area contributed by atoms with Gasteiger partial charge < -0.3 is 10.1 Å². The lowest BCUT2D eigenvalue weighted by molar-refractivity contribution is -0.385. The minimum absolute atomic E-state index is 0.0370. The Morgan fingerprint density at radius 3 is 2.80 bits per heavy atom. The second-order valence-electron chi connectivity index (χ2n) is 4.93. The van der Waals surface area contributed by atoms with Crippen molar-refractivity contribution in [2.24, 2.45) is 5.92 Å². The smallest absolute Gasteiger partial charge is 0.311 e. The van der Waals surface area contributed by atoms with Crippen molar-refractivity contribution in [1.29, 1.82) is 0 Å². The van der Waals surface area contributed by atoms with Gasteiger partial charge in [-0.15, -0.1) is 0 Å². The summed E-state index contributed by atoms with van der Waals surface area (Å²) in [5, 5.41) is 14.4. The molecule has 0 atom stereocenters. The molecule has 0 aromatic heterocycles. The zero-order chi connectivity index (χ0) is 15.0. The van der Waals surface area contributed by atoms with E-state index in [0.29, 0.717) is 24.8 Å². The lowest BCUT2D eigenvalue weighted by atomic mass is 10.1. The summed E-state index contributed by atoms with van der Waals surface area (Å²) < 4.78 is 5.45. The van der Waals surface area contributed by atoms with Crippen LogP contribution >= 0.6 is 11.8 Å². The Kier molecular flexibility index (Phi) is 7.40. The Morgan fingerprint density at radius 1 is 1.45 bits per heavy atom. The molecule has 0 amide bonds. The molecular weight excluding hydrogens is 276 g/mol. The molecule has 1 rings (SSSR count). The van der Waals surface area contributed by atoms with Crippen LogP contribution in [0.5, 0.6) is 5.75 Å². The van der Waals surface area contributed by atoms with Crippen LogP contribution in [0.3, 0.4) is 0 Å². The predicted octanol–water partition coefficient (Wildman–Crippen LogP) is 3.08. The monoisotopic (exact) mass is 298 g/mol. The first kappa shape index (κ1) is 16.8. The lowest BCUT2D eigenvalue weighted by Gasteiger charge is -2.09. The molecule has 1 aromatic carbocycles. The van der Waals surface area contributed by atoms with Gasteiger partial charge in [-0.25, -0.2) is 0 Å². The first-order chi connectivity index (χ1) is 9.54. The Morgan fingerprint density at radius 2 is 2.20 bits per heavy atom. The number of thioether (sulfide) groups is 1. The van der Waals surface area contributed by atoms with Crippen molar-refractivity contribution in [3.8, 4) is 5.75 Å². The molecule has 0 aliphatic rings. The van der Waals surface area contributed by atoms with E-state index in [9.17, 15) is 10.1 Å². The van der Waals surface area contributed by atoms with Crippen LogP contribution in [0.25, 0.3) is 0 Å². The number of hydrogen-bond donors (Lipinski definition) is 1. The standard InChI is InChI=1S/C14H22N2O3S/c1-11(2)9-15-10-12-4-5-14(19-6-7-20-3)13(8-12)16(17)18/h4-5,8,11,15H,6-7,9-10H2,1-3H3. The van der Waals surface area contributed by atoms with Gasteiger partial charge in [-0.1, -0.05) is 19.9 Å². The molecule has 20 heavy (non-hydrogen) atoms. The van der Waals surface area contributed by atoms with Gasteiger partial charge in [0.2, 0.25) is 0 Å². The normalized spacial score (nSPS) is 10.8. The number of rotatable bonds is 9. The molecule has 112 valence electrons. The Bertz CT molecular complexity index is 438. The highest BCUT2D eigenvalue weighted by Gasteiger charge is 2.15. The highest BCUT2D eigenvalue weighted by Crippen LogP contribution is 2.28. The molecule has 5 nitrogen and oxygen atoms in total. The first-order valence-corrected chi connectivity index (χ1v) is 8.03. The zero-order valence-electron chi connectivity index (χ0n) is 12.2. The van der Waals surface area contributed by atoms with Crippen molar-refractivity contribution in [3.63, 3.8) is 0 Å². The van der Waals surface area contributed by atoms with Gasteiger partial charge in [-0.3, -0.25) is 10.1 Å². The summed E-state index contributed by atoms with van der Waals surface area (Å²) in [5.74, 6) is 1.71. The van der Waals surface area contributed by atoms with Crippen LogP contribution in [0.1, 0.15) is 19.4 Å². The average Bonchev–Trinajstić information content (AvgIpc) is 2.39. The summed E-state index contributed by atoms with van der Waals surface area (Å²) in [5.41, 5.74) is 0.935. The van der Waals surface area contributed by atoms with Crippen molar-refractivity contribution in [2.75, 3.05) is 25.2 Å². The number of nitro groups is 1. The Hall–Kier alpha value is -1.27. The first-order valence-electron chi connectivity index (χ1n) is 6.64. The van der Waals surface area contributed by atoms with Gasteiger partial charge in [0.15, 0.2) is 5.75 Å². The summed E-state index contributed by atoms with van der Waals surface area (Å²) in [4.78, 5) is 10.7. The van der Waals surface area contributed by atoms with Crippen LogP contribution in [0, 0.1) is 16.0 Å². The van der Waals surface area contributed by atoms with Crippen molar-refractivity contribution < 1.29 is 9.66 Å². The van der Waals surface area contributed by atoms with Gasteiger partial charge >= 0.3 is 5.69 Å². The fourth-order valence-electron chi connectivity index (χ4n) is 1.68. The molecule has 6 heteroatoms. The van der Waals surface area contributed by atoms with E-state index in [1.165, 1.54) is 0 Å². The molecule has 0 radical (unpaired) electrons. The van der Waals surface area contributed by atoms with E-state index in [0.717, 1.165) is 17.9 Å². The van der Waals surface area contributed by atoms with Crippen molar-refractivity contribution in [3.05, 3.63) is 33.9 Å². The van der Waals surface area contributed by atoms with Gasteiger partial charge in [0.25, 0.3) is 0 Å². The molecular formula is C14H22N2O3S. The molecule has 0 saturated carbocycles. The molecule has 0 aliphatic heterocycles. The third-order valence-electron chi connectivity index (χ3n) is 2.65. The van der Waals surface area contributed by atoms with E-state index in [1.807, 2.05) is 12.3 Å². The number of nitro benzene ring substituents is 1. The number of benzene rings is 1. The molecule has 0 spiro atoms. The lowest BCUT2D eigenvalue weighted by Crippen LogP contribution is -2.19. The number of nitrogens with zero attached hydrogens (tertiary/aromatic N) is 1. The van der Waals surface area contributed by atoms with Crippen molar-refractivity contribution in [2.45, 2.75) is 20.4 Å².